The van der Waals surface area contributed by atoms with Gasteiger partial charge in [-0.15, -0.1) is 0 Å². The predicted molar refractivity (Wildman–Crippen MR) is 108 cm³/mol. The standard InChI is InChI=1S/C21H19ClN4O3/c1-12-16(8-9-18(24-3)19(12)22)10-17(13(2)27)21(29)26-25-20(28)15-6-4-14(11-23)5-7-15/h4-9,13,17,27H,10H2,1-2H3,(H,25,28)(H,26,29)/t13-,17-/m1/s1. The molecule has 0 aliphatic carbocycles. The molecule has 0 aliphatic rings. The van der Waals surface area contributed by atoms with E-state index in [-0.39, 0.29) is 12.0 Å². The minimum Gasteiger partial charge on any atom is -0.393 e. The van der Waals surface area contributed by atoms with Crippen molar-refractivity contribution in [2.24, 2.45) is 5.92 Å². The second-order valence-electron chi connectivity index (χ2n) is 6.48. The molecule has 2 atom stereocenters. The SMILES string of the molecule is [C-]#[N+]c1ccc(C[C@@H](C(=O)NNC(=O)c2ccc(C#N)cc2)[C@@H](C)O)c(C)c1Cl. The Morgan fingerprint density at radius 1 is 1.24 bits per heavy atom. The van der Waals surface area contributed by atoms with Gasteiger partial charge in [-0.1, -0.05) is 23.7 Å². The molecule has 0 aromatic heterocycles. The minimum absolute atomic E-state index is 0.181. The number of hydrazine groups is 1. The zero-order valence-electron chi connectivity index (χ0n) is 15.9. The first-order valence-electron chi connectivity index (χ1n) is 8.72. The monoisotopic (exact) mass is 410 g/mol. The number of amides is 2. The molecule has 2 aromatic rings. The molecule has 3 N–H and O–H groups in total. The Bertz CT molecular complexity index is 1000. The van der Waals surface area contributed by atoms with Crippen LogP contribution >= 0.6 is 11.6 Å². The average Bonchev–Trinajstić information content (AvgIpc) is 2.72. The normalized spacial score (nSPS) is 12.2. The highest BCUT2D eigenvalue weighted by Crippen LogP contribution is 2.31. The Hall–Kier alpha value is -3.39. The first kappa shape index (κ1) is 21.9. The van der Waals surface area contributed by atoms with Gasteiger partial charge in [-0.3, -0.25) is 20.4 Å². The van der Waals surface area contributed by atoms with Crippen LogP contribution in [-0.2, 0) is 11.2 Å². The summed E-state index contributed by atoms with van der Waals surface area (Å²) in [5.41, 5.74) is 7.03. The molecular formula is C21H19ClN4O3. The van der Waals surface area contributed by atoms with Gasteiger partial charge in [0.15, 0.2) is 0 Å². The number of aliphatic hydroxyl groups excluding tert-OH is 1. The minimum atomic E-state index is -0.986. The van der Waals surface area contributed by atoms with Crippen molar-refractivity contribution in [3.05, 3.63) is 75.1 Å². The second kappa shape index (κ2) is 9.70. The van der Waals surface area contributed by atoms with E-state index in [0.717, 1.165) is 5.56 Å². The summed E-state index contributed by atoms with van der Waals surface area (Å²) >= 11 is 6.18. The maximum atomic E-state index is 12.5. The third kappa shape index (κ3) is 5.32. The molecule has 2 rings (SSSR count). The molecule has 0 bridgehead atoms. The molecule has 148 valence electrons. The van der Waals surface area contributed by atoms with Crippen molar-refractivity contribution in [1.29, 1.82) is 5.26 Å². The molecular weight excluding hydrogens is 392 g/mol. The van der Waals surface area contributed by atoms with E-state index in [1.165, 1.54) is 31.2 Å². The highest BCUT2D eigenvalue weighted by atomic mass is 35.5. The number of hydrogen-bond donors (Lipinski definition) is 3. The van der Waals surface area contributed by atoms with Gasteiger partial charge in [0.05, 0.1) is 35.2 Å². The van der Waals surface area contributed by atoms with Gasteiger partial charge in [0.1, 0.15) is 0 Å². The Morgan fingerprint density at radius 3 is 2.45 bits per heavy atom. The van der Waals surface area contributed by atoms with E-state index >= 15 is 0 Å². The van der Waals surface area contributed by atoms with Crippen molar-refractivity contribution in [2.45, 2.75) is 26.4 Å². The van der Waals surface area contributed by atoms with Crippen LogP contribution in [0.2, 0.25) is 5.02 Å². The van der Waals surface area contributed by atoms with E-state index in [4.69, 9.17) is 23.4 Å². The van der Waals surface area contributed by atoms with Crippen molar-refractivity contribution in [1.82, 2.24) is 10.9 Å². The molecule has 0 unspecified atom stereocenters. The molecule has 0 spiro atoms. The predicted octanol–water partition coefficient (Wildman–Crippen LogP) is 3.07. The lowest BCUT2D eigenvalue weighted by molar-refractivity contribution is -0.128. The summed E-state index contributed by atoms with van der Waals surface area (Å²) in [6, 6.07) is 11.2. The van der Waals surface area contributed by atoms with E-state index < -0.39 is 23.8 Å². The third-order valence-electron chi connectivity index (χ3n) is 4.53. The number of halogens is 1. The summed E-state index contributed by atoms with van der Waals surface area (Å²) in [6.45, 7) is 10.3. The number of rotatable bonds is 5. The largest absolute Gasteiger partial charge is 0.393 e. The van der Waals surface area contributed by atoms with Crippen LogP contribution in [0, 0.1) is 30.7 Å². The molecule has 0 aliphatic heterocycles. The number of carbonyl (C=O) groups excluding carboxylic acids is 2. The maximum absolute atomic E-state index is 12.5. The summed E-state index contributed by atoms with van der Waals surface area (Å²) in [5.74, 6) is -1.95. The molecule has 0 saturated heterocycles. The van der Waals surface area contributed by atoms with Crippen LogP contribution in [0.15, 0.2) is 36.4 Å². The maximum Gasteiger partial charge on any atom is 0.269 e. The van der Waals surface area contributed by atoms with Crippen LogP contribution in [0.4, 0.5) is 5.69 Å². The number of hydrogen-bond acceptors (Lipinski definition) is 4. The van der Waals surface area contributed by atoms with Crippen molar-refractivity contribution in [3.63, 3.8) is 0 Å². The summed E-state index contributed by atoms with van der Waals surface area (Å²) in [5, 5.41) is 19.2. The van der Waals surface area contributed by atoms with Gasteiger partial charge in [-0.2, -0.15) is 5.26 Å². The smallest absolute Gasteiger partial charge is 0.269 e. The topological polar surface area (TPSA) is 107 Å². The Balaban J connectivity index is 2.08. The highest BCUT2D eigenvalue weighted by molar-refractivity contribution is 6.34. The van der Waals surface area contributed by atoms with Gasteiger partial charge in [0.25, 0.3) is 5.91 Å². The van der Waals surface area contributed by atoms with Gasteiger partial charge in [-0.05, 0) is 55.7 Å². The first-order chi connectivity index (χ1) is 13.8. The fraction of sp³-hybridized carbons (Fsp3) is 0.238. The highest BCUT2D eigenvalue weighted by Gasteiger charge is 2.26. The number of nitrogens with one attached hydrogen (secondary N) is 2. The number of nitrogens with zero attached hydrogens (tertiary/aromatic N) is 2. The van der Waals surface area contributed by atoms with Crippen LogP contribution in [-0.4, -0.2) is 23.0 Å². The number of benzene rings is 2. The Morgan fingerprint density at radius 2 is 1.90 bits per heavy atom. The van der Waals surface area contributed by atoms with Crippen molar-refractivity contribution in [2.75, 3.05) is 0 Å². The second-order valence-corrected chi connectivity index (χ2v) is 6.86. The third-order valence-corrected chi connectivity index (χ3v) is 5.01. The van der Waals surface area contributed by atoms with Gasteiger partial charge < -0.3 is 5.11 Å². The van der Waals surface area contributed by atoms with Gasteiger partial charge in [0, 0.05) is 5.56 Å². The average molecular weight is 411 g/mol. The van der Waals surface area contributed by atoms with Crippen LogP contribution in [0.1, 0.15) is 34.0 Å². The van der Waals surface area contributed by atoms with Crippen molar-refractivity contribution in [3.8, 4) is 6.07 Å². The van der Waals surface area contributed by atoms with E-state index in [9.17, 15) is 14.7 Å². The molecule has 0 saturated carbocycles. The zero-order valence-corrected chi connectivity index (χ0v) is 16.6. The fourth-order valence-corrected chi connectivity index (χ4v) is 2.94. The van der Waals surface area contributed by atoms with E-state index in [1.807, 2.05) is 6.07 Å². The number of aliphatic hydroxyl groups is 1. The van der Waals surface area contributed by atoms with Crippen LogP contribution in [0.25, 0.3) is 4.85 Å². The number of nitriles is 1. The van der Waals surface area contributed by atoms with Crippen molar-refractivity contribution >= 4 is 29.1 Å². The molecule has 2 aromatic carbocycles. The van der Waals surface area contributed by atoms with Crippen molar-refractivity contribution < 1.29 is 14.7 Å². The molecule has 29 heavy (non-hydrogen) atoms. The van der Waals surface area contributed by atoms with Crippen LogP contribution in [0.5, 0.6) is 0 Å². The summed E-state index contributed by atoms with van der Waals surface area (Å²) in [6.07, 6.45) is -0.805. The van der Waals surface area contributed by atoms with E-state index in [0.29, 0.717) is 21.8 Å². The zero-order chi connectivity index (χ0) is 21.6. The fourth-order valence-electron chi connectivity index (χ4n) is 2.72. The lowest BCUT2D eigenvalue weighted by Gasteiger charge is -2.21. The lowest BCUT2D eigenvalue weighted by Crippen LogP contribution is -2.47. The summed E-state index contributed by atoms with van der Waals surface area (Å²) < 4.78 is 0. The lowest BCUT2D eigenvalue weighted by atomic mass is 9.91. The van der Waals surface area contributed by atoms with Gasteiger partial charge in [-0.25, -0.2) is 4.85 Å². The van der Waals surface area contributed by atoms with E-state index in [1.54, 1.807) is 19.1 Å². The summed E-state index contributed by atoms with van der Waals surface area (Å²) in [4.78, 5) is 28.0. The van der Waals surface area contributed by atoms with Gasteiger partial charge >= 0.3 is 0 Å². The number of carbonyl (C=O) groups is 2. The molecule has 7 nitrogen and oxygen atoms in total. The van der Waals surface area contributed by atoms with Crippen LogP contribution < -0.4 is 10.9 Å². The molecule has 8 heteroatoms. The van der Waals surface area contributed by atoms with E-state index in [2.05, 4.69) is 15.7 Å². The molecule has 0 heterocycles. The van der Waals surface area contributed by atoms with Gasteiger partial charge in [0.2, 0.25) is 11.6 Å². The molecule has 0 fully saturated rings. The molecule has 0 radical (unpaired) electrons. The first-order valence-corrected chi connectivity index (χ1v) is 9.10. The van der Waals surface area contributed by atoms with Crippen LogP contribution in [0.3, 0.4) is 0 Å². The molecule has 2 amide bonds. The Kier molecular flexibility index (Phi) is 7.33. The summed E-state index contributed by atoms with van der Waals surface area (Å²) in [7, 11) is 0. The Labute approximate surface area is 173 Å². The quantitative estimate of drug-likeness (QED) is 0.520.